The average molecular weight is 518 g/mol. The lowest BCUT2D eigenvalue weighted by Crippen LogP contribution is -2.43. The van der Waals surface area contributed by atoms with Crippen molar-refractivity contribution in [3.05, 3.63) is 52.9 Å². The first-order valence-corrected chi connectivity index (χ1v) is 13.1. The Balaban J connectivity index is 1.50. The van der Waals surface area contributed by atoms with E-state index in [0.717, 1.165) is 0 Å². The zero-order chi connectivity index (χ0) is 27.5. The molecule has 10 nitrogen and oxygen atoms in total. The molecule has 0 unspecified atom stereocenters. The van der Waals surface area contributed by atoms with Gasteiger partial charge in [-0.15, -0.1) is 0 Å². The Hall–Kier alpha value is -3.04. The van der Waals surface area contributed by atoms with E-state index in [2.05, 4.69) is 31.8 Å². The van der Waals surface area contributed by atoms with E-state index in [0.29, 0.717) is 59.4 Å². The smallest absolute Gasteiger partial charge is 0.223 e. The van der Waals surface area contributed by atoms with Crippen LogP contribution >= 0.6 is 11.6 Å². The number of hydrogen-bond acceptors (Lipinski definition) is 8. The molecule has 0 amide bonds. The Kier molecular flexibility index (Phi) is 6.50. The predicted molar refractivity (Wildman–Crippen MR) is 135 cm³/mol. The Bertz CT molecular complexity index is 1450. The van der Waals surface area contributed by atoms with Gasteiger partial charge in [0.25, 0.3) is 0 Å². The van der Waals surface area contributed by atoms with Crippen LogP contribution in [0, 0.1) is 11.3 Å². The Morgan fingerprint density at radius 3 is 2.80 bits per heavy atom. The summed E-state index contributed by atoms with van der Waals surface area (Å²) < 4.78 is 49.1. The average Bonchev–Trinajstić information content (AvgIpc) is 3.37. The molecule has 12 heteroatoms. The zero-order valence-electron chi connectivity index (χ0n) is 22.1. The minimum absolute atomic E-state index is 0.000981. The molecule has 2 N–H and O–H groups in total. The van der Waals surface area contributed by atoms with Gasteiger partial charge in [-0.25, -0.2) is 27.4 Å². The molecule has 1 aliphatic rings. The molecule has 3 aromatic rings. The fourth-order valence-corrected chi connectivity index (χ4v) is 5.34. The maximum atomic E-state index is 12.1. The van der Waals surface area contributed by atoms with Crippen molar-refractivity contribution in [2.75, 3.05) is 31.1 Å². The molecule has 0 atom stereocenters. The third kappa shape index (κ3) is 5.62. The second-order valence-electron chi connectivity index (χ2n) is 8.10. The molecule has 1 fully saturated rings. The Morgan fingerprint density at radius 2 is 2.11 bits per heavy atom. The van der Waals surface area contributed by atoms with Crippen LogP contribution in [-0.4, -0.2) is 64.3 Å². The first-order valence-electron chi connectivity index (χ1n) is 12.6. The van der Waals surface area contributed by atoms with Gasteiger partial charge in [-0.3, -0.25) is 0 Å². The van der Waals surface area contributed by atoms with Crippen molar-refractivity contribution in [1.82, 2.24) is 29.4 Å². The highest BCUT2D eigenvalue weighted by atomic mass is 35.5. The lowest BCUT2D eigenvalue weighted by molar-refractivity contribution is 0.329. The second-order valence-corrected chi connectivity index (χ2v) is 10.8. The van der Waals surface area contributed by atoms with Crippen LogP contribution in [0.25, 0.3) is 16.9 Å². The Morgan fingerprint density at radius 1 is 1.31 bits per heavy atom. The van der Waals surface area contributed by atoms with Crippen LogP contribution in [0.1, 0.15) is 35.0 Å². The molecule has 0 radical (unpaired) electrons. The number of nitrogens with one attached hydrogen (secondary N) is 2. The van der Waals surface area contributed by atoms with Gasteiger partial charge in [-0.2, -0.15) is 10.4 Å². The standard InChI is InChI=1S/C23H27ClN8O2S/c1-3-35(33,34)31-8-6-19(7-9-31)29-23-27-13-17(11-25)22(30-23)18-14-28-32(15-18)21-5-4-16(12-26-2)10-20(21)24/h4-5,10,13-15,19,26H,3,6-9,12H2,1-2H3,(H,27,29,30)/i2D3. The molecule has 0 bridgehead atoms. The van der Waals surface area contributed by atoms with Gasteiger partial charge >= 0.3 is 0 Å². The van der Waals surface area contributed by atoms with E-state index >= 15 is 0 Å². The van der Waals surface area contributed by atoms with Gasteiger partial charge < -0.3 is 10.6 Å². The molecular weight excluding hydrogens is 488 g/mol. The lowest BCUT2D eigenvalue weighted by Gasteiger charge is -2.31. The van der Waals surface area contributed by atoms with Crippen molar-refractivity contribution in [3.8, 4) is 23.0 Å². The molecule has 0 aliphatic carbocycles. The fraction of sp³-hybridized carbons (Fsp3) is 0.391. The van der Waals surface area contributed by atoms with Gasteiger partial charge in [0.2, 0.25) is 16.0 Å². The van der Waals surface area contributed by atoms with E-state index < -0.39 is 17.0 Å². The summed E-state index contributed by atoms with van der Waals surface area (Å²) in [6.07, 6.45) is 5.95. The summed E-state index contributed by atoms with van der Waals surface area (Å²) in [4.78, 5) is 8.82. The summed E-state index contributed by atoms with van der Waals surface area (Å²) in [5.74, 6) is 0.422. The number of aromatic nitrogens is 4. The second kappa shape index (κ2) is 10.7. The number of piperidine rings is 1. The van der Waals surface area contributed by atoms with Gasteiger partial charge in [0.05, 0.1) is 40.1 Å². The number of halogens is 1. The van der Waals surface area contributed by atoms with Crippen LogP contribution in [0.15, 0.2) is 36.8 Å². The molecule has 1 aliphatic heterocycles. The first-order chi connectivity index (χ1) is 18.0. The van der Waals surface area contributed by atoms with Gasteiger partial charge in [0.15, 0.2) is 0 Å². The molecule has 2 aromatic heterocycles. The maximum absolute atomic E-state index is 12.1. The molecule has 184 valence electrons. The largest absolute Gasteiger partial charge is 0.351 e. The van der Waals surface area contributed by atoms with E-state index in [9.17, 15) is 13.7 Å². The van der Waals surface area contributed by atoms with Gasteiger partial charge in [-0.1, -0.05) is 17.7 Å². The molecule has 1 aromatic carbocycles. The number of nitriles is 1. The number of anilines is 1. The van der Waals surface area contributed by atoms with Crippen molar-refractivity contribution in [1.29, 1.82) is 5.26 Å². The van der Waals surface area contributed by atoms with Crippen molar-refractivity contribution < 1.29 is 12.5 Å². The van der Waals surface area contributed by atoms with Crippen LogP contribution in [0.3, 0.4) is 0 Å². The summed E-state index contributed by atoms with van der Waals surface area (Å²) >= 11 is 6.45. The molecule has 4 rings (SSSR count). The number of hydrogen-bond donors (Lipinski definition) is 2. The molecule has 0 spiro atoms. The lowest BCUT2D eigenvalue weighted by atomic mass is 10.1. The van der Waals surface area contributed by atoms with Crippen LogP contribution in [0.2, 0.25) is 5.02 Å². The summed E-state index contributed by atoms with van der Waals surface area (Å²) in [6, 6.07) is 7.26. The van der Waals surface area contributed by atoms with Crippen LogP contribution in [-0.2, 0) is 16.6 Å². The highest BCUT2D eigenvalue weighted by molar-refractivity contribution is 7.89. The van der Waals surface area contributed by atoms with Crippen molar-refractivity contribution in [2.45, 2.75) is 32.4 Å². The number of sulfonamides is 1. The monoisotopic (exact) mass is 517 g/mol. The minimum Gasteiger partial charge on any atom is -0.351 e. The predicted octanol–water partition coefficient (Wildman–Crippen LogP) is 2.80. The van der Waals surface area contributed by atoms with Crippen molar-refractivity contribution in [3.63, 3.8) is 0 Å². The van der Waals surface area contributed by atoms with Gasteiger partial charge in [-0.05, 0) is 44.4 Å². The summed E-state index contributed by atoms with van der Waals surface area (Å²) in [5, 5.41) is 20.1. The molecule has 0 saturated carbocycles. The van der Waals surface area contributed by atoms with Crippen LogP contribution < -0.4 is 10.6 Å². The third-order valence-corrected chi connectivity index (χ3v) is 8.05. The summed E-state index contributed by atoms with van der Waals surface area (Å²) in [7, 11) is -3.21. The van der Waals surface area contributed by atoms with Gasteiger partial charge in [0, 0.05) is 41.5 Å². The molecule has 3 heterocycles. The van der Waals surface area contributed by atoms with E-state index in [-0.39, 0.29) is 23.9 Å². The molecular formula is C23H27ClN8O2S. The maximum Gasteiger partial charge on any atom is 0.223 e. The number of rotatable bonds is 8. The van der Waals surface area contributed by atoms with Crippen molar-refractivity contribution >= 4 is 27.6 Å². The van der Waals surface area contributed by atoms with Crippen LogP contribution in [0.5, 0.6) is 0 Å². The van der Waals surface area contributed by atoms with Crippen LogP contribution in [0.4, 0.5) is 5.95 Å². The van der Waals surface area contributed by atoms with E-state index in [1.807, 2.05) is 0 Å². The topological polar surface area (TPSA) is 129 Å². The Labute approximate surface area is 214 Å². The molecule has 1 saturated heterocycles. The fourth-order valence-electron chi connectivity index (χ4n) is 3.92. The number of nitrogens with zero attached hydrogens (tertiary/aromatic N) is 6. The van der Waals surface area contributed by atoms with E-state index in [1.165, 1.54) is 10.5 Å². The zero-order valence-corrected chi connectivity index (χ0v) is 20.6. The van der Waals surface area contributed by atoms with E-state index in [4.69, 9.17) is 15.7 Å². The van der Waals surface area contributed by atoms with E-state index in [1.54, 1.807) is 42.2 Å². The molecule has 35 heavy (non-hydrogen) atoms. The van der Waals surface area contributed by atoms with Gasteiger partial charge in [0.1, 0.15) is 6.07 Å². The highest BCUT2D eigenvalue weighted by Crippen LogP contribution is 2.27. The quantitative estimate of drug-likeness (QED) is 0.466. The first kappa shape index (κ1) is 21.3. The third-order valence-electron chi connectivity index (χ3n) is 5.86. The minimum atomic E-state index is -3.21. The van der Waals surface area contributed by atoms with Crippen molar-refractivity contribution in [2.24, 2.45) is 0 Å². The normalized spacial score (nSPS) is 16.8. The summed E-state index contributed by atoms with van der Waals surface area (Å²) in [5.41, 5.74) is 2.54. The number of benzene rings is 1. The SMILES string of the molecule is [2H]C([2H])([2H])NCc1ccc(-n2cc(-c3nc(NC4CCN(S(=O)(=O)CC)CC4)ncc3C#N)cn2)c(Cl)c1. The highest BCUT2D eigenvalue weighted by Gasteiger charge is 2.27. The summed E-state index contributed by atoms with van der Waals surface area (Å²) in [6.45, 7) is 0.373.